The summed E-state index contributed by atoms with van der Waals surface area (Å²) in [5.41, 5.74) is 61.0. The van der Waals surface area contributed by atoms with E-state index in [1.165, 1.54) is 6.33 Å². The van der Waals surface area contributed by atoms with Crippen molar-refractivity contribution in [2.45, 2.75) is 278 Å². The van der Waals surface area contributed by atoms with E-state index in [0.717, 1.165) is 45.1 Å². The second-order valence-corrected chi connectivity index (χ2v) is 27.4. The van der Waals surface area contributed by atoms with Crippen molar-refractivity contribution >= 4 is 107 Å². The van der Waals surface area contributed by atoms with Crippen molar-refractivity contribution < 1.29 is 129 Å². The number of carbonyl (C=O) groups is 17. The fraction of sp³-hybridized carbons (Fsp3) is 0.741. The monoisotopic (exact) mass is 1850 g/mol. The van der Waals surface area contributed by atoms with Crippen LogP contribution in [-0.2, 0) is 135 Å². The lowest BCUT2D eigenvalue weighted by molar-refractivity contribution is -0.150. The van der Waals surface area contributed by atoms with Crippen LogP contribution in [0.2, 0.25) is 0 Å². The zero-order valence-corrected chi connectivity index (χ0v) is 77.3. The minimum Gasteiger partial charge on any atom is -0.466 e. The van der Waals surface area contributed by atoms with Crippen LogP contribution in [0.1, 0.15) is 217 Å². The quantitative estimate of drug-likeness (QED) is 0.00975. The van der Waals surface area contributed by atoms with E-state index in [-0.39, 0.29) is 156 Å². The Labute approximate surface area is 756 Å². The van der Waals surface area contributed by atoms with Gasteiger partial charge in [-0.25, -0.2) is 29.0 Å². The number of aliphatic imine (C=N–C) groups is 1. The molecule has 30 N–H and O–H groups in total. The number of imidazole rings is 1. The predicted molar refractivity (Wildman–Crippen MR) is 474 cm³/mol. The SMILES string of the molecule is CCN.CCOC(=O)CCC(NC(=O)C(N)CCCCN)C(=O)OCC.CCOC(=O)CCC(NC(=O)C(N)CCCN=C(N)N)C(=O)OCC.CCOC(=O)CCC(NC(=O)C(N)Cc1cnc[nH]1)C(=O)OCC.CCOC(=O)CCC(NC(=O)CNC(=O)C(N)CCCCN)C(=O)OCC.CCOC(=O)CCC(NC(=O)CNC(=O)C(N)CCCCN)C(=O)OCC. The van der Waals surface area contributed by atoms with Gasteiger partial charge in [0, 0.05) is 57.0 Å². The van der Waals surface area contributed by atoms with Gasteiger partial charge in [0.1, 0.15) is 30.2 Å². The molecule has 0 bridgehead atoms. The maximum atomic E-state index is 12.2. The highest BCUT2D eigenvalue weighted by molar-refractivity contribution is 5.93. The molecule has 10 atom stereocenters. The topological polar surface area (TPSA) is 794 Å². The van der Waals surface area contributed by atoms with Crippen LogP contribution in [0.5, 0.6) is 0 Å². The van der Waals surface area contributed by atoms with Gasteiger partial charge in [-0.3, -0.25) is 62.5 Å². The Morgan fingerprint density at radius 2 is 0.574 bits per heavy atom. The van der Waals surface area contributed by atoms with E-state index in [0.29, 0.717) is 64.0 Å². The predicted octanol–water partition coefficient (Wildman–Crippen LogP) is -3.87. The van der Waals surface area contributed by atoms with Gasteiger partial charge in [0.25, 0.3) is 0 Å². The summed E-state index contributed by atoms with van der Waals surface area (Å²) in [6.45, 7) is 22.6. The average Bonchev–Trinajstić information content (AvgIpc) is 1.14. The molecule has 1 aromatic heterocycles. The fourth-order valence-corrected chi connectivity index (χ4v) is 10.2. The molecule has 0 aliphatic rings. The van der Waals surface area contributed by atoms with Gasteiger partial charge in [0.2, 0.25) is 41.4 Å². The van der Waals surface area contributed by atoms with E-state index in [1.807, 2.05) is 6.92 Å². The summed E-state index contributed by atoms with van der Waals surface area (Å²) in [5.74, 6) is -8.95. The minimum absolute atomic E-state index is 0.00656. The molecule has 744 valence electrons. The number of esters is 10. The number of hydrogen-bond acceptors (Lipinski definition) is 38. The average molecular weight is 1850 g/mol. The van der Waals surface area contributed by atoms with Crippen LogP contribution in [0.4, 0.5) is 0 Å². The normalized spacial score (nSPS) is 12.6. The van der Waals surface area contributed by atoms with Crippen molar-refractivity contribution in [2.24, 2.45) is 68.1 Å². The van der Waals surface area contributed by atoms with Crippen molar-refractivity contribution in [3.05, 3.63) is 18.2 Å². The number of H-pyrrole nitrogens is 1. The van der Waals surface area contributed by atoms with E-state index < -0.39 is 161 Å². The molecule has 1 aromatic rings. The van der Waals surface area contributed by atoms with Crippen molar-refractivity contribution in [1.29, 1.82) is 0 Å². The Kier molecular flexibility index (Phi) is 82.4. The van der Waals surface area contributed by atoms with Gasteiger partial charge in [0.05, 0.1) is 116 Å². The Bertz CT molecular complexity index is 3260. The molecule has 0 spiro atoms. The van der Waals surface area contributed by atoms with Crippen LogP contribution in [0.3, 0.4) is 0 Å². The molecule has 48 nitrogen and oxygen atoms in total. The van der Waals surface area contributed by atoms with Gasteiger partial charge in [-0.05, 0) is 179 Å². The maximum absolute atomic E-state index is 12.2. The summed E-state index contributed by atoms with van der Waals surface area (Å²) in [5, 5.41) is 17.3. The number of aromatic amines is 1. The first kappa shape index (κ1) is 127. The zero-order valence-electron chi connectivity index (χ0n) is 77.3. The number of nitrogens with zero attached hydrogens (tertiary/aromatic N) is 2. The zero-order chi connectivity index (χ0) is 98.9. The third-order valence-electron chi connectivity index (χ3n) is 16.6. The van der Waals surface area contributed by atoms with E-state index in [2.05, 4.69) is 52.2 Å². The summed E-state index contributed by atoms with van der Waals surface area (Å²) in [6.07, 6.45) is 10.3. The molecule has 129 heavy (non-hydrogen) atoms. The lowest BCUT2D eigenvalue weighted by Crippen LogP contribution is -2.49. The first-order valence-electron chi connectivity index (χ1n) is 43.6. The summed E-state index contributed by atoms with van der Waals surface area (Å²) < 4.78 is 48.6. The number of rotatable bonds is 62. The molecule has 0 aliphatic carbocycles. The Morgan fingerprint density at radius 3 is 0.806 bits per heavy atom. The highest BCUT2D eigenvalue weighted by Crippen LogP contribution is 2.11. The molecule has 0 saturated heterocycles. The summed E-state index contributed by atoms with van der Waals surface area (Å²) in [7, 11) is 0. The van der Waals surface area contributed by atoms with Crippen molar-refractivity contribution in [3.8, 4) is 0 Å². The van der Waals surface area contributed by atoms with Crippen molar-refractivity contribution in [3.63, 3.8) is 0 Å². The number of amides is 7. The number of hydrogen-bond donors (Lipinski definition) is 19. The summed E-state index contributed by atoms with van der Waals surface area (Å²) >= 11 is 0. The molecule has 0 fully saturated rings. The lowest BCUT2D eigenvalue weighted by atomic mass is 10.1. The molecule has 0 radical (unpaired) electrons. The highest BCUT2D eigenvalue weighted by atomic mass is 16.6. The molecular formula is C81H153N21O27. The molecule has 7 amide bonds. The number of nitrogens with one attached hydrogen (secondary N) is 8. The van der Waals surface area contributed by atoms with Gasteiger partial charge < -0.3 is 153 Å². The molecule has 1 heterocycles. The lowest BCUT2D eigenvalue weighted by Gasteiger charge is -2.19. The fourth-order valence-electron chi connectivity index (χ4n) is 10.2. The van der Waals surface area contributed by atoms with E-state index in [9.17, 15) is 81.5 Å². The van der Waals surface area contributed by atoms with Crippen LogP contribution >= 0.6 is 0 Å². The van der Waals surface area contributed by atoms with E-state index >= 15 is 0 Å². The standard InChI is InChI=1S/2C17H32N4O6.C15H29N5O5.C15H24N4O5.C15H29N3O5.C2H7N/c2*1-3-26-15(23)9-8-13(17(25)27-4-2)21-14(22)11-20-16(24)12(19)7-5-6-10-18;1-3-24-12(21)8-7-11(14(23)25-4-2)20-13(22)10(16)6-5-9-19-15(17)18;1-3-23-13(20)6-5-12(15(22)24-4-2)19-14(21)11(16)7-10-8-17-9-18-10;1-3-22-13(19)9-8-12(15(21)23-4-2)18-14(20)11(17)7-5-6-10-16;1-2-3/h2*12-13H,3-11,18-19H2,1-2H3,(H,20,24)(H,21,22);10-11H,3-9,16H2,1-2H3,(H,20,22)(H4,17,18,19);8-9,11-12H,3-7,16H2,1-2H3,(H,17,18)(H,19,21);11-12H,3-10,16-17H2,1-2H3,(H,18,20);2-3H2,1H3. The van der Waals surface area contributed by atoms with Crippen molar-refractivity contribution in [2.75, 3.05) is 112 Å². The highest BCUT2D eigenvalue weighted by Gasteiger charge is 2.31. The molecule has 10 unspecified atom stereocenters. The molecule has 1 rings (SSSR count). The van der Waals surface area contributed by atoms with Crippen LogP contribution < -0.4 is 100 Å². The number of nitrogens with two attached hydrogens (primary N) is 11. The van der Waals surface area contributed by atoms with E-state index in [1.54, 1.807) is 75.4 Å². The molecule has 0 aromatic carbocycles. The van der Waals surface area contributed by atoms with Crippen LogP contribution in [-0.4, -0.2) is 289 Å². The van der Waals surface area contributed by atoms with Gasteiger partial charge in [-0.15, -0.1) is 0 Å². The maximum Gasteiger partial charge on any atom is 0.328 e. The summed E-state index contributed by atoms with van der Waals surface area (Å²) in [4.78, 5) is 211. The van der Waals surface area contributed by atoms with Crippen LogP contribution in [0.15, 0.2) is 17.5 Å². The largest absolute Gasteiger partial charge is 0.466 e. The number of unbranched alkanes of at least 4 members (excludes halogenated alkanes) is 3. The van der Waals surface area contributed by atoms with Gasteiger partial charge >= 0.3 is 59.7 Å². The molecule has 48 heteroatoms. The number of carbonyl (C=O) groups excluding carboxylic acids is 17. The first-order chi connectivity index (χ1) is 61.4. The number of ether oxygens (including phenoxy) is 10. The summed E-state index contributed by atoms with van der Waals surface area (Å²) in [6, 6.07) is -8.68. The molecule has 0 saturated carbocycles. The van der Waals surface area contributed by atoms with E-state index in [4.69, 9.17) is 110 Å². The first-order valence-corrected chi connectivity index (χ1v) is 43.6. The third-order valence-corrected chi connectivity index (χ3v) is 16.6. The van der Waals surface area contributed by atoms with Crippen LogP contribution in [0, 0.1) is 0 Å². The van der Waals surface area contributed by atoms with Gasteiger partial charge in [-0.1, -0.05) is 26.2 Å². The van der Waals surface area contributed by atoms with Gasteiger partial charge in [0.15, 0.2) is 5.96 Å². The Morgan fingerprint density at radius 1 is 0.333 bits per heavy atom. The number of guanidine groups is 1. The van der Waals surface area contributed by atoms with Gasteiger partial charge in [-0.2, -0.15) is 0 Å². The Balaban J connectivity index is -0.000000493. The third kappa shape index (κ3) is 71.7. The minimum atomic E-state index is -1.00. The number of aromatic nitrogens is 2. The van der Waals surface area contributed by atoms with Crippen molar-refractivity contribution in [1.82, 2.24) is 47.2 Å². The second-order valence-electron chi connectivity index (χ2n) is 27.4. The molecule has 0 aliphatic heterocycles. The smallest absolute Gasteiger partial charge is 0.328 e. The van der Waals surface area contributed by atoms with Crippen LogP contribution in [0.25, 0.3) is 0 Å². The Hall–Kier alpha value is -10.9. The second kappa shape index (κ2) is 84.0. The molecular weight excluding hydrogens is 1700 g/mol.